The number of hydrogen-bond acceptors (Lipinski definition) is 4. The minimum atomic E-state index is -0.554. The van der Waals surface area contributed by atoms with Gasteiger partial charge in [-0.15, -0.1) is 0 Å². The topological polar surface area (TPSA) is 72.0 Å². The highest BCUT2D eigenvalue weighted by atomic mass is 35.5. The summed E-state index contributed by atoms with van der Waals surface area (Å²) >= 11 is 5.79. The molecule has 0 saturated carbocycles. The van der Waals surface area contributed by atoms with Crippen LogP contribution in [0.5, 0.6) is 0 Å². The molecule has 0 unspecified atom stereocenters. The summed E-state index contributed by atoms with van der Waals surface area (Å²) in [5.41, 5.74) is 1.02. The Kier molecular flexibility index (Phi) is 2.85. The Morgan fingerprint density at radius 3 is 2.71 bits per heavy atom. The second-order valence-electron chi connectivity index (χ2n) is 3.47. The van der Waals surface area contributed by atoms with E-state index in [4.69, 9.17) is 11.6 Å². The van der Waals surface area contributed by atoms with Gasteiger partial charge in [0.2, 0.25) is 0 Å². The zero-order chi connectivity index (χ0) is 12.6. The number of halogens is 1. The maximum atomic E-state index is 11.6. The summed E-state index contributed by atoms with van der Waals surface area (Å²) in [6.45, 7) is 1.41. The Labute approximate surface area is 102 Å². The molecule has 0 amide bonds. The van der Waals surface area contributed by atoms with Crippen LogP contribution in [0.3, 0.4) is 0 Å². The van der Waals surface area contributed by atoms with Crippen LogP contribution in [0.25, 0.3) is 11.0 Å². The Morgan fingerprint density at radius 1 is 1.41 bits per heavy atom. The van der Waals surface area contributed by atoms with Gasteiger partial charge >= 0.3 is 5.97 Å². The predicted octanol–water partition coefficient (Wildman–Crippen LogP) is 2.21. The lowest BCUT2D eigenvalue weighted by molar-refractivity contribution is 0.0603. The molecule has 88 valence electrons. The summed E-state index contributed by atoms with van der Waals surface area (Å²) in [4.78, 5) is 29.9. The lowest BCUT2D eigenvalue weighted by atomic mass is 10.1. The summed E-state index contributed by atoms with van der Waals surface area (Å²) in [6.07, 6.45) is 1.50. The first-order chi connectivity index (χ1) is 8.04. The number of hydrogen-bond donors (Lipinski definition) is 1. The molecular formula is C11H9ClN2O3. The molecule has 0 aliphatic rings. The summed E-state index contributed by atoms with van der Waals surface area (Å²) in [5, 5.41) is 0.601. The maximum absolute atomic E-state index is 11.6. The van der Waals surface area contributed by atoms with Crippen molar-refractivity contribution >= 4 is 34.4 Å². The Hall–Kier alpha value is -1.88. The number of ether oxygens (including phenoxy) is 1. The smallest absolute Gasteiger partial charge is 0.338 e. The van der Waals surface area contributed by atoms with E-state index in [2.05, 4.69) is 14.7 Å². The number of nitrogens with one attached hydrogen (secondary N) is 1. The minimum Gasteiger partial charge on any atom is -0.465 e. The molecule has 2 rings (SSSR count). The molecule has 0 aliphatic heterocycles. The molecule has 2 aromatic heterocycles. The number of aromatic amines is 1. The van der Waals surface area contributed by atoms with E-state index in [-0.39, 0.29) is 16.5 Å². The lowest BCUT2D eigenvalue weighted by Gasteiger charge is -2.03. The van der Waals surface area contributed by atoms with Crippen molar-refractivity contribution in [3.8, 4) is 0 Å². The van der Waals surface area contributed by atoms with Gasteiger partial charge in [-0.1, -0.05) is 11.6 Å². The van der Waals surface area contributed by atoms with Gasteiger partial charge in [0.15, 0.2) is 5.78 Å². The molecule has 17 heavy (non-hydrogen) atoms. The Morgan fingerprint density at radius 2 is 2.12 bits per heavy atom. The fourth-order valence-corrected chi connectivity index (χ4v) is 1.85. The largest absolute Gasteiger partial charge is 0.465 e. The van der Waals surface area contributed by atoms with Gasteiger partial charge in [0, 0.05) is 17.1 Å². The summed E-state index contributed by atoms with van der Waals surface area (Å²) in [5.74, 6) is -0.716. The maximum Gasteiger partial charge on any atom is 0.338 e. The van der Waals surface area contributed by atoms with Crippen LogP contribution in [0.15, 0.2) is 12.3 Å². The van der Waals surface area contributed by atoms with E-state index in [1.165, 1.54) is 26.3 Å². The number of methoxy groups -OCH3 is 1. The molecule has 1 N–H and O–H groups in total. The standard InChI is InChI=1S/C11H9ClN2O3/c1-5(15)7-4-13-10-9(7)6(11(16)17-2)3-8(12)14-10/h3-4H,1-2H3,(H,13,14). The number of fused-ring (bicyclic) bond motifs is 1. The van der Waals surface area contributed by atoms with Gasteiger partial charge in [0.25, 0.3) is 0 Å². The zero-order valence-electron chi connectivity index (χ0n) is 9.20. The number of carbonyl (C=O) groups is 2. The molecule has 5 nitrogen and oxygen atoms in total. The van der Waals surface area contributed by atoms with Gasteiger partial charge in [-0.3, -0.25) is 4.79 Å². The second-order valence-corrected chi connectivity index (χ2v) is 3.85. The molecule has 2 heterocycles. The molecule has 0 saturated heterocycles. The van der Waals surface area contributed by atoms with Crippen molar-refractivity contribution in [2.75, 3.05) is 7.11 Å². The van der Waals surface area contributed by atoms with Gasteiger partial charge in [-0.05, 0) is 13.0 Å². The second kappa shape index (κ2) is 4.18. The molecule has 0 fully saturated rings. The van der Waals surface area contributed by atoms with E-state index >= 15 is 0 Å². The van der Waals surface area contributed by atoms with Crippen molar-refractivity contribution < 1.29 is 14.3 Å². The highest BCUT2D eigenvalue weighted by Gasteiger charge is 2.19. The Bertz CT molecular complexity index is 618. The van der Waals surface area contributed by atoms with Crippen molar-refractivity contribution in [2.45, 2.75) is 6.92 Å². The van der Waals surface area contributed by atoms with Crippen LogP contribution in [0.2, 0.25) is 5.15 Å². The molecule has 0 bridgehead atoms. The molecule has 0 spiro atoms. The lowest BCUT2D eigenvalue weighted by Crippen LogP contribution is -2.04. The summed E-state index contributed by atoms with van der Waals surface area (Å²) < 4.78 is 4.65. The number of aromatic nitrogens is 2. The predicted molar refractivity (Wildman–Crippen MR) is 62.4 cm³/mol. The van der Waals surface area contributed by atoms with Crippen LogP contribution in [0, 0.1) is 0 Å². The number of rotatable bonds is 2. The first-order valence-corrected chi connectivity index (χ1v) is 5.19. The minimum absolute atomic E-state index is 0.162. The van der Waals surface area contributed by atoms with E-state index in [1.807, 2.05) is 0 Å². The monoisotopic (exact) mass is 252 g/mol. The van der Waals surface area contributed by atoms with E-state index in [1.54, 1.807) is 0 Å². The molecule has 0 aliphatic carbocycles. The van der Waals surface area contributed by atoms with Crippen molar-refractivity contribution in [1.29, 1.82) is 0 Å². The number of H-pyrrole nitrogens is 1. The van der Waals surface area contributed by atoms with Crippen molar-refractivity contribution in [3.05, 3.63) is 28.5 Å². The summed E-state index contributed by atoms with van der Waals surface area (Å²) in [6, 6.07) is 1.38. The number of nitrogens with zero attached hydrogens (tertiary/aromatic N) is 1. The number of Topliss-reactive ketones (excluding diaryl/α,β-unsaturated/α-hetero) is 1. The SMILES string of the molecule is COC(=O)c1cc(Cl)nc2[nH]cc(C(C)=O)c12. The number of ketones is 1. The molecule has 2 aromatic rings. The van der Waals surface area contributed by atoms with E-state index in [0.717, 1.165) is 0 Å². The normalized spacial score (nSPS) is 10.5. The Balaban J connectivity index is 2.83. The van der Waals surface area contributed by atoms with E-state index in [9.17, 15) is 9.59 Å². The van der Waals surface area contributed by atoms with Crippen molar-refractivity contribution in [1.82, 2.24) is 9.97 Å². The van der Waals surface area contributed by atoms with Crippen LogP contribution in [0.1, 0.15) is 27.6 Å². The van der Waals surface area contributed by atoms with Gasteiger partial charge < -0.3 is 9.72 Å². The zero-order valence-corrected chi connectivity index (χ0v) is 9.96. The van der Waals surface area contributed by atoms with E-state index in [0.29, 0.717) is 16.6 Å². The van der Waals surface area contributed by atoms with Crippen LogP contribution in [0.4, 0.5) is 0 Å². The van der Waals surface area contributed by atoms with Crippen LogP contribution >= 0.6 is 11.6 Å². The molecule has 0 radical (unpaired) electrons. The highest BCUT2D eigenvalue weighted by Crippen LogP contribution is 2.25. The third-order valence-electron chi connectivity index (χ3n) is 2.40. The van der Waals surface area contributed by atoms with Crippen LogP contribution < -0.4 is 0 Å². The quantitative estimate of drug-likeness (QED) is 0.505. The average Bonchev–Trinajstić information content (AvgIpc) is 2.70. The van der Waals surface area contributed by atoms with Crippen molar-refractivity contribution in [2.24, 2.45) is 0 Å². The number of carbonyl (C=O) groups excluding carboxylic acids is 2. The van der Waals surface area contributed by atoms with Crippen LogP contribution in [-0.2, 0) is 4.74 Å². The fraction of sp³-hybridized carbons (Fsp3) is 0.182. The first kappa shape index (κ1) is 11.6. The van der Waals surface area contributed by atoms with Gasteiger partial charge in [-0.2, -0.15) is 0 Å². The average molecular weight is 253 g/mol. The van der Waals surface area contributed by atoms with Crippen molar-refractivity contribution in [3.63, 3.8) is 0 Å². The van der Waals surface area contributed by atoms with Gasteiger partial charge in [-0.25, -0.2) is 9.78 Å². The number of pyridine rings is 1. The molecule has 0 atom stereocenters. The van der Waals surface area contributed by atoms with Gasteiger partial charge in [0.05, 0.1) is 12.7 Å². The summed E-state index contributed by atoms with van der Waals surface area (Å²) in [7, 11) is 1.27. The molecule has 0 aromatic carbocycles. The van der Waals surface area contributed by atoms with E-state index < -0.39 is 5.97 Å². The number of esters is 1. The fourth-order valence-electron chi connectivity index (χ4n) is 1.65. The van der Waals surface area contributed by atoms with Crippen LogP contribution in [-0.4, -0.2) is 28.8 Å². The van der Waals surface area contributed by atoms with Gasteiger partial charge in [0.1, 0.15) is 10.8 Å². The third kappa shape index (κ3) is 1.89. The highest BCUT2D eigenvalue weighted by molar-refractivity contribution is 6.30. The third-order valence-corrected chi connectivity index (χ3v) is 2.59. The first-order valence-electron chi connectivity index (χ1n) is 4.81. The molecule has 6 heteroatoms. The molecular weight excluding hydrogens is 244 g/mol.